The normalized spacial score (nSPS) is 23.1. The first-order chi connectivity index (χ1) is 14.3. The monoisotopic (exact) mass is 413 g/mol. The van der Waals surface area contributed by atoms with Gasteiger partial charge in [0.1, 0.15) is 0 Å². The van der Waals surface area contributed by atoms with Crippen molar-refractivity contribution in [1.82, 2.24) is 14.7 Å². The zero-order valence-corrected chi connectivity index (χ0v) is 18.3. The third kappa shape index (κ3) is 3.11. The Morgan fingerprint density at radius 1 is 1.03 bits per heavy atom. The topological polar surface area (TPSA) is 70.2 Å². The average Bonchev–Trinajstić information content (AvgIpc) is 2.71. The van der Waals surface area contributed by atoms with E-state index in [-0.39, 0.29) is 29.7 Å². The number of amides is 3. The second-order valence-corrected chi connectivity index (χ2v) is 9.18. The van der Waals surface area contributed by atoms with Crippen molar-refractivity contribution < 1.29 is 19.1 Å². The predicted octanol–water partition coefficient (Wildman–Crippen LogP) is 1.73. The van der Waals surface area contributed by atoms with Gasteiger partial charge in [-0.15, -0.1) is 0 Å². The van der Waals surface area contributed by atoms with Crippen LogP contribution in [0.15, 0.2) is 24.3 Å². The highest BCUT2D eigenvalue weighted by molar-refractivity contribution is 6.03. The minimum Gasteiger partial charge on any atom is -0.378 e. The van der Waals surface area contributed by atoms with E-state index in [1.807, 2.05) is 61.8 Å². The molecule has 162 valence electrons. The van der Waals surface area contributed by atoms with Crippen LogP contribution in [0.5, 0.6) is 0 Å². The fraction of sp³-hybridized carbons (Fsp3) is 0.609. The molecular weight excluding hydrogens is 382 g/mol. The molecule has 1 unspecified atom stereocenters. The number of fused-ring (bicyclic) bond motifs is 1. The van der Waals surface area contributed by atoms with E-state index in [0.29, 0.717) is 45.0 Å². The minimum atomic E-state index is -0.709. The van der Waals surface area contributed by atoms with Crippen molar-refractivity contribution in [3.63, 3.8) is 0 Å². The lowest BCUT2D eigenvalue weighted by Gasteiger charge is -2.62. The molecule has 0 saturated carbocycles. The van der Waals surface area contributed by atoms with Crippen LogP contribution in [0.2, 0.25) is 0 Å². The highest BCUT2D eigenvalue weighted by Gasteiger charge is 2.62. The summed E-state index contributed by atoms with van der Waals surface area (Å²) in [6, 6.07) is 7.37. The molecular formula is C23H31N3O4. The molecule has 1 atom stereocenters. The molecule has 3 aliphatic heterocycles. The second kappa shape index (κ2) is 7.69. The van der Waals surface area contributed by atoms with Gasteiger partial charge in [-0.2, -0.15) is 0 Å². The van der Waals surface area contributed by atoms with Crippen LogP contribution >= 0.6 is 0 Å². The fourth-order valence-electron chi connectivity index (χ4n) is 5.25. The maximum Gasteiger partial charge on any atom is 0.255 e. The minimum absolute atomic E-state index is 0.0283. The first-order valence-corrected chi connectivity index (χ1v) is 10.9. The van der Waals surface area contributed by atoms with Crippen LogP contribution in [0.25, 0.3) is 0 Å². The number of hydrogen-bond donors (Lipinski definition) is 0. The number of ether oxygens (including phenoxy) is 1. The van der Waals surface area contributed by atoms with Crippen molar-refractivity contribution in [2.45, 2.75) is 45.2 Å². The van der Waals surface area contributed by atoms with Crippen LogP contribution in [-0.4, -0.2) is 83.4 Å². The quantitative estimate of drug-likeness (QED) is 0.757. The van der Waals surface area contributed by atoms with Gasteiger partial charge in [0.25, 0.3) is 5.91 Å². The fourth-order valence-corrected chi connectivity index (χ4v) is 5.25. The van der Waals surface area contributed by atoms with Gasteiger partial charge >= 0.3 is 0 Å². The number of carbonyl (C=O) groups is 3. The van der Waals surface area contributed by atoms with E-state index < -0.39 is 11.5 Å². The maximum absolute atomic E-state index is 13.8. The molecule has 4 rings (SSSR count). The molecule has 7 nitrogen and oxygen atoms in total. The Morgan fingerprint density at radius 3 is 2.27 bits per heavy atom. The van der Waals surface area contributed by atoms with Crippen LogP contribution < -0.4 is 0 Å². The summed E-state index contributed by atoms with van der Waals surface area (Å²) in [5.74, 6) is -0.560. The van der Waals surface area contributed by atoms with Gasteiger partial charge in [-0.05, 0) is 25.5 Å². The third-order valence-electron chi connectivity index (χ3n) is 6.56. The second-order valence-electron chi connectivity index (χ2n) is 9.18. The highest BCUT2D eigenvalue weighted by Crippen LogP contribution is 2.48. The van der Waals surface area contributed by atoms with Crippen molar-refractivity contribution >= 4 is 17.7 Å². The predicted molar refractivity (Wildman–Crippen MR) is 112 cm³/mol. The van der Waals surface area contributed by atoms with Gasteiger partial charge in [-0.1, -0.05) is 32.0 Å². The molecule has 30 heavy (non-hydrogen) atoms. The zero-order valence-electron chi connectivity index (χ0n) is 18.3. The van der Waals surface area contributed by atoms with Gasteiger partial charge in [0.15, 0.2) is 0 Å². The highest BCUT2D eigenvalue weighted by atomic mass is 16.5. The van der Waals surface area contributed by atoms with Gasteiger partial charge in [0.2, 0.25) is 11.8 Å². The molecule has 0 bridgehead atoms. The van der Waals surface area contributed by atoms with Gasteiger partial charge in [0, 0.05) is 43.7 Å². The van der Waals surface area contributed by atoms with E-state index in [4.69, 9.17) is 4.74 Å². The molecule has 1 spiro atoms. The Hall–Kier alpha value is -2.41. The molecule has 0 N–H and O–H groups in total. The van der Waals surface area contributed by atoms with E-state index in [1.54, 1.807) is 4.90 Å². The molecule has 7 heteroatoms. The van der Waals surface area contributed by atoms with Gasteiger partial charge < -0.3 is 19.4 Å². The average molecular weight is 414 g/mol. The summed E-state index contributed by atoms with van der Waals surface area (Å²) in [7, 11) is 0. The molecule has 1 aromatic rings. The first kappa shape index (κ1) is 20.8. The molecule has 3 amide bonds. The number of rotatable bonds is 3. The van der Waals surface area contributed by atoms with Crippen molar-refractivity contribution in [1.29, 1.82) is 0 Å². The summed E-state index contributed by atoms with van der Waals surface area (Å²) < 4.78 is 5.44. The van der Waals surface area contributed by atoms with Gasteiger partial charge in [-0.3, -0.25) is 14.4 Å². The van der Waals surface area contributed by atoms with Crippen molar-refractivity contribution in [3.8, 4) is 0 Å². The van der Waals surface area contributed by atoms with Crippen LogP contribution in [0, 0.1) is 5.92 Å². The summed E-state index contributed by atoms with van der Waals surface area (Å²) in [5, 5.41) is 0. The summed E-state index contributed by atoms with van der Waals surface area (Å²) in [5.41, 5.74) is 0.670. The van der Waals surface area contributed by atoms with E-state index in [1.165, 1.54) is 0 Å². The van der Waals surface area contributed by atoms with Gasteiger partial charge in [0.05, 0.1) is 24.7 Å². The molecule has 0 aliphatic carbocycles. The van der Waals surface area contributed by atoms with Crippen molar-refractivity contribution in [3.05, 3.63) is 35.4 Å². The summed E-state index contributed by atoms with van der Waals surface area (Å²) in [6.07, 6.45) is 0. The molecule has 0 aromatic heterocycles. The van der Waals surface area contributed by atoms with E-state index in [9.17, 15) is 14.4 Å². The number of morpholine rings is 1. The Bertz CT molecular complexity index is 854. The molecule has 2 saturated heterocycles. The third-order valence-corrected chi connectivity index (χ3v) is 6.56. The van der Waals surface area contributed by atoms with Crippen LogP contribution in [0.4, 0.5) is 0 Å². The van der Waals surface area contributed by atoms with Gasteiger partial charge in [-0.25, -0.2) is 0 Å². The Balaban J connectivity index is 1.80. The maximum atomic E-state index is 13.8. The molecule has 1 aromatic carbocycles. The summed E-state index contributed by atoms with van der Waals surface area (Å²) in [4.78, 5) is 45.5. The lowest BCUT2D eigenvalue weighted by Crippen LogP contribution is -2.79. The van der Waals surface area contributed by atoms with Crippen molar-refractivity contribution in [2.75, 3.05) is 39.4 Å². The number of nitrogens with zero attached hydrogens (tertiary/aromatic N) is 3. The first-order valence-electron chi connectivity index (χ1n) is 10.9. The summed E-state index contributed by atoms with van der Waals surface area (Å²) in [6.45, 7) is 10.7. The molecule has 3 aliphatic rings. The number of hydrogen-bond acceptors (Lipinski definition) is 4. The van der Waals surface area contributed by atoms with E-state index in [0.717, 1.165) is 5.56 Å². The van der Waals surface area contributed by atoms with Crippen LogP contribution in [0.1, 0.15) is 49.5 Å². The number of benzene rings is 1. The number of likely N-dealkylation sites (tertiary alicyclic amines) is 1. The lowest BCUT2D eigenvalue weighted by atomic mass is 9.66. The molecule has 0 radical (unpaired) electrons. The standard InChI is InChI=1S/C23H31N3O4/c1-15(2)20(27)25-13-23(14-25)19(22(29)24-9-11-30-12-10-24)17-7-5-6-8-18(17)21(28)26(23)16(3)4/h5-8,15-16,19H,9-14H2,1-4H3. The smallest absolute Gasteiger partial charge is 0.255 e. The van der Waals surface area contributed by atoms with Crippen molar-refractivity contribution in [2.24, 2.45) is 5.92 Å². The summed E-state index contributed by atoms with van der Waals surface area (Å²) >= 11 is 0. The lowest BCUT2D eigenvalue weighted by molar-refractivity contribution is -0.160. The largest absolute Gasteiger partial charge is 0.378 e. The number of carbonyl (C=O) groups excluding carboxylic acids is 3. The SMILES string of the molecule is CC(C)C(=O)N1CC2(C1)C(C(=O)N1CCOCC1)c1ccccc1C(=O)N2C(C)C. The Labute approximate surface area is 177 Å². The Kier molecular flexibility index (Phi) is 5.34. The van der Waals surface area contributed by atoms with Crippen LogP contribution in [0.3, 0.4) is 0 Å². The van der Waals surface area contributed by atoms with Crippen LogP contribution in [-0.2, 0) is 14.3 Å². The van der Waals surface area contributed by atoms with E-state index in [2.05, 4.69) is 0 Å². The molecule has 3 heterocycles. The zero-order chi connectivity index (χ0) is 21.6. The Morgan fingerprint density at radius 2 is 1.67 bits per heavy atom. The van der Waals surface area contributed by atoms with E-state index >= 15 is 0 Å². The molecule has 2 fully saturated rings.